The summed E-state index contributed by atoms with van der Waals surface area (Å²) in [5.74, 6) is -0.937. The molecule has 10 heteroatoms. The number of hydrogen-bond acceptors (Lipinski definition) is 6. The molecule has 3 aliphatic heterocycles. The number of allylic oxidation sites excluding steroid dienone is 3. The lowest BCUT2D eigenvalue weighted by Gasteiger charge is -2.44. The molecular formula is C30H26F4N4O2. The molecule has 6 rings (SSSR count). The number of ether oxygens (including phenoxy) is 1. The van der Waals surface area contributed by atoms with Gasteiger partial charge < -0.3 is 19.4 Å². The molecule has 0 amide bonds. The van der Waals surface area contributed by atoms with Crippen molar-refractivity contribution < 1.29 is 27.1 Å². The molecule has 0 saturated heterocycles. The zero-order valence-electron chi connectivity index (χ0n) is 21.8. The molecule has 4 aliphatic rings. The molecule has 1 aliphatic carbocycles. The van der Waals surface area contributed by atoms with Crippen molar-refractivity contribution in [2.45, 2.75) is 31.6 Å². The van der Waals surface area contributed by atoms with E-state index in [1.165, 1.54) is 31.4 Å². The first kappa shape index (κ1) is 25.9. The third-order valence-electron chi connectivity index (χ3n) is 7.54. The normalized spacial score (nSPS) is 21.6. The van der Waals surface area contributed by atoms with Gasteiger partial charge in [0.15, 0.2) is 0 Å². The van der Waals surface area contributed by atoms with Crippen LogP contribution in [0.2, 0.25) is 0 Å². The largest absolute Gasteiger partial charge is 0.469 e. The van der Waals surface area contributed by atoms with Gasteiger partial charge in [0.1, 0.15) is 11.5 Å². The zero-order chi connectivity index (χ0) is 28.2. The number of halogens is 4. The molecule has 2 unspecified atom stereocenters. The van der Waals surface area contributed by atoms with Crippen molar-refractivity contribution in [2.24, 2.45) is 4.99 Å². The summed E-state index contributed by atoms with van der Waals surface area (Å²) in [5.41, 5.74) is 2.98. The molecule has 3 heterocycles. The maximum atomic E-state index is 15.2. The lowest BCUT2D eigenvalue weighted by Crippen LogP contribution is -2.51. The van der Waals surface area contributed by atoms with Crippen molar-refractivity contribution in [2.75, 3.05) is 25.1 Å². The predicted molar refractivity (Wildman–Crippen MR) is 143 cm³/mol. The Bertz CT molecular complexity index is 1540. The fourth-order valence-electron chi connectivity index (χ4n) is 5.68. The minimum absolute atomic E-state index is 0.0513. The molecule has 0 N–H and O–H groups in total. The second-order valence-electron chi connectivity index (χ2n) is 10.1. The molecule has 0 saturated carbocycles. The molecule has 206 valence electrons. The van der Waals surface area contributed by atoms with Crippen LogP contribution in [-0.4, -0.2) is 48.0 Å². The van der Waals surface area contributed by atoms with Crippen LogP contribution in [0.25, 0.3) is 0 Å². The Balaban J connectivity index is 1.51. The van der Waals surface area contributed by atoms with Gasteiger partial charge in [-0.1, -0.05) is 42.0 Å². The van der Waals surface area contributed by atoms with Crippen LogP contribution in [0.5, 0.6) is 0 Å². The third-order valence-corrected chi connectivity index (χ3v) is 7.54. The Hall–Kier alpha value is -4.34. The van der Waals surface area contributed by atoms with Crippen molar-refractivity contribution in [3.05, 3.63) is 107 Å². The quantitative estimate of drug-likeness (QED) is 0.335. The predicted octanol–water partition coefficient (Wildman–Crippen LogP) is 6.24. The summed E-state index contributed by atoms with van der Waals surface area (Å²) in [6.45, 7) is 3.08. The number of fused-ring (bicyclic) bond motifs is 4. The van der Waals surface area contributed by atoms with E-state index >= 15 is 4.39 Å². The van der Waals surface area contributed by atoms with Gasteiger partial charge in [-0.25, -0.2) is 9.38 Å². The van der Waals surface area contributed by atoms with E-state index in [1.807, 2.05) is 18.0 Å². The van der Waals surface area contributed by atoms with Gasteiger partial charge in [0, 0.05) is 30.5 Å². The van der Waals surface area contributed by atoms with Crippen molar-refractivity contribution in [1.82, 2.24) is 9.80 Å². The number of para-hydroxylation sites is 1. The number of guanidine groups is 1. The van der Waals surface area contributed by atoms with Gasteiger partial charge in [0.25, 0.3) is 0 Å². The van der Waals surface area contributed by atoms with Crippen molar-refractivity contribution in [1.29, 1.82) is 0 Å². The maximum absolute atomic E-state index is 15.2. The monoisotopic (exact) mass is 550 g/mol. The molecule has 0 spiro atoms. The number of benzene rings is 2. The molecule has 2 aromatic rings. The lowest BCUT2D eigenvalue weighted by atomic mass is 9.97. The van der Waals surface area contributed by atoms with Crippen LogP contribution in [0.3, 0.4) is 0 Å². The highest BCUT2D eigenvalue weighted by molar-refractivity contribution is 6.02. The Kier molecular flexibility index (Phi) is 6.28. The number of aliphatic imine (C=N–C) groups is 1. The first-order valence-electron chi connectivity index (χ1n) is 12.9. The van der Waals surface area contributed by atoms with Crippen molar-refractivity contribution in [3.63, 3.8) is 0 Å². The van der Waals surface area contributed by atoms with E-state index in [9.17, 15) is 18.0 Å². The fraction of sp³-hybridized carbons (Fsp3) is 0.267. The first-order chi connectivity index (χ1) is 19.1. The number of rotatable bonds is 3. The molecule has 0 bridgehead atoms. The van der Waals surface area contributed by atoms with Crippen molar-refractivity contribution in [3.8, 4) is 0 Å². The molecular weight excluding hydrogens is 524 g/mol. The average molecular weight is 551 g/mol. The van der Waals surface area contributed by atoms with Gasteiger partial charge in [-0.15, -0.1) is 0 Å². The summed E-state index contributed by atoms with van der Waals surface area (Å²) in [5, 5.41) is 0. The summed E-state index contributed by atoms with van der Waals surface area (Å²) in [7, 11) is 1.24. The second-order valence-corrected chi connectivity index (χ2v) is 10.1. The number of carbonyl (C=O) groups excluding carboxylic acids is 1. The van der Waals surface area contributed by atoms with E-state index in [1.54, 1.807) is 11.0 Å². The van der Waals surface area contributed by atoms with Crippen LogP contribution < -0.4 is 4.90 Å². The minimum Gasteiger partial charge on any atom is -0.469 e. The number of esters is 1. The Morgan fingerprint density at radius 1 is 1.12 bits per heavy atom. The van der Waals surface area contributed by atoms with Crippen molar-refractivity contribution >= 4 is 23.3 Å². The zero-order valence-corrected chi connectivity index (χ0v) is 21.8. The van der Waals surface area contributed by atoms with Crippen LogP contribution in [0, 0.1) is 5.82 Å². The van der Waals surface area contributed by atoms with Gasteiger partial charge in [0.05, 0.1) is 36.9 Å². The van der Waals surface area contributed by atoms with Crippen LogP contribution >= 0.6 is 0 Å². The summed E-state index contributed by atoms with van der Waals surface area (Å²) in [6.07, 6.45) is 5.50. The topological polar surface area (TPSA) is 48.4 Å². The smallest absolute Gasteiger partial charge is 0.416 e. The first-order valence-corrected chi connectivity index (χ1v) is 12.9. The van der Waals surface area contributed by atoms with E-state index in [-0.39, 0.29) is 29.8 Å². The maximum Gasteiger partial charge on any atom is 0.416 e. The number of methoxy groups -OCH3 is 1. The molecule has 6 nitrogen and oxygen atoms in total. The van der Waals surface area contributed by atoms with Gasteiger partial charge in [-0.3, -0.25) is 4.79 Å². The summed E-state index contributed by atoms with van der Waals surface area (Å²) < 4.78 is 61.3. The summed E-state index contributed by atoms with van der Waals surface area (Å²) in [6, 6.07) is 8.53. The molecule has 40 heavy (non-hydrogen) atoms. The standard InChI is InChI=1S/C30H26F4N4O2/c1-18-9-10-25-19(13-18)14-22-17-36(11-12-37(22)25)29-35-28-23(7-4-8-24(28)31)26(16-27(39)40-2)38(29)21-6-3-5-20(15-21)30(32,33)34/h3-10,13-15,17,25-26H,11-12,16H2,1-2H3. The summed E-state index contributed by atoms with van der Waals surface area (Å²) in [4.78, 5) is 22.9. The number of hydrogen-bond donors (Lipinski definition) is 0. The average Bonchev–Trinajstić information content (AvgIpc) is 3.29. The van der Waals surface area contributed by atoms with E-state index in [0.29, 0.717) is 18.7 Å². The van der Waals surface area contributed by atoms with Crippen LogP contribution in [0.1, 0.15) is 30.5 Å². The van der Waals surface area contributed by atoms with Crippen LogP contribution in [0.4, 0.5) is 28.9 Å². The molecule has 0 radical (unpaired) electrons. The van der Waals surface area contributed by atoms with E-state index in [0.717, 1.165) is 29.0 Å². The molecule has 0 fully saturated rings. The van der Waals surface area contributed by atoms with Crippen LogP contribution in [-0.2, 0) is 15.7 Å². The van der Waals surface area contributed by atoms with Crippen LogP contribution in [0.15, 0.2) is 94.8 Å². The highest BCUT2D eigenvalue weighted by Crippen LogP contribution is 2.44. The second kappa shape index (κ2) is 9.69. The Labute approximate surface area is 228 Å². The molecule has 0 aromatic heterocycles. The highest BCUT2D eigenvalue weighted by atomic mass is 19.4. The minimum atomic E-state index is -4.58. The molecule has 2 atom stereocenters. The fourth-order valence-corrected chi connectivity index (χ4v) is 5.68. The Morgan fingerprint density at radius 2 is 1.93 bits per heavy atom. The number of nitrogens with zero attached hydrogens (tertiary/aromatic N) is 4. The van der Waals surface area contributed by atoms with Gasteiger partial charge in [-0.05, 0) is 42.8 Å². The van der Waals surface area contributed by atoms with E-state index < -0.39 is 29.6 Å². The van der Waals surface area contributed by atoms with E-state index in [4.69, 9.17) is 4.74 Å². The number of carbonyl (C=O) groups is 1. The van der Waals surface area contributed by atoms with Gasteiger partial charge in [0.2, 0.25) is 5.96 Å². The third kappa shape index (κ3) is 4.47. The van der Waals surface area contributed by atoms with Gasteiger partial charge in [-0.2, -0.15) is 13.2 Å². The number of anilines is 1. The van der Waals surface area contributed by atoms with Gasteiger partial charge >= 0.3 is 12.1 Å². The van der Waals surface area contributed by atoms with E-state index in [2.05, 4.69) is 34.2 Å². The molecule has 2 aromatic carbocycles. The summed E-state index contributed by atoms with van der Waals surface area (Å²) >= 11 is 0. The SMILES string of the molecule is COC(=O)CC1c2cccc(F)c2N=C(N2C=C3C=C4C=C(C)C=CC4N3CC2)N1c1cccc(C(F)(F)F)c1. The lowest BCUT2D eigenvalue weighted by molar-refractivity contribution is -0.141. The highest BCUT2D eigenvalue weighted by Gasteiger charge is 2.40. The number of alkyl halides is 3. The Morgan fingerprint density at radius 3 is 2.70 bits per heavy atom.